The number of likely N-dealkylation sites (tertiary alicyclic amines) is 1. The molecule has 1 aromatic carbocycles. The number of allylic oxidation sites excluding steroid dienone is 1. The predicted octanol–water partition coefficient (Wildman–Crippen LogP) is 2.13. The van der Waals surface area contributed by atoms with Gasteiger partial charge in [-0.25, -0.2) is 13.8 Å². The molecule has 1 saturated heterocycles. The molecular formula is C17H18F4N4O2. The van der Waals surface area contributed by atoms with Crippen molar-refractivity contribution in [3.63, 3.8) is 0 Å². The third-order valence-electron chi connectivity index (χ3n) is 4.11. The smallest absolute Gasteiger partial charge is 0.332 e. The molecule has 146 valence electrons. The number of hydrogen-bond acceptors (Lipinski definition) is 4. The molecule has 1 aliphatic rings. The van der Waals surface area contributed by atoms with Crippen LogP contribution in [0.1, 0.15) is 6.92 Å². The number of nitrogens with zero attached hydrogens (tertiary/aromatic N) is 2. The average Bonchev–Trinajstić information content (AvgIpc) is 2.86. The van der Waals surface area contributed by atoms with Crippen LogP contribution in [-0.4, -0.2) is 42.6 Å². The van der Waals surface area contributed by atoms with Crippen molar-refractivity contribution in [1.29, 1.82) is 0 Å². The Balaban J connectivity index is 2.28. The van der Waals surface area contributed by atoms with E-state index in [0.29, 0.717) is 0 Å². The lowest BCUT2D eigenvalue weighted by Crippen LogP contribution is -2.35. The summed E-state index contributed by atoms with van der Waals surface area (Å²) in [5, 5.41) is 2.18. The molecule has 0 bridgehead atoms. The van der Waals surface area contributed by atoms with Gasteiger partial charge in [0, 0.05) is 30.9 Å². The summed E-state index contributed by atoms with van der Waals surface area (Å²) in [5.74, 6) is -6.01. The molecule has 0 aromatic heterocycles. The van der Waals surface area contributed by atoms with E-state index < -0.39 is 47.5 Å². The summed E-state index contributed by atoms with van der Waals surface area (Å²) in [7, 11) is 1.44. The van der Waals surface area contributed by atoms with Crippen LogP contribution in [0.15, 0.2) is 35.0 Å². The molecule has 1 aliphatic heterocycles. The van der Waals surface area contributed by atoms with Crippen molar-refractivity contribution in [2.75, 3.05) is 18.9 Å². The Hall–Kier alpha value is -2.91. The van der Waals surface area contributed by atoms with Gasteiger partial charge in [-0.3, -0.25) is 9.59 Å². The quantitative estimate of drug-likeness (QED) is 0.352. The summed E-state index contributed by atoms with van der Waals surface area (Å²) in [4.78, 5) is 29.1. The second-order valence-electron chi connectivity index (χ2n) is 6.09. The highest BCUT2D eigenvalue weighted by Crippen LogP contribution is 2.30. The van der Waals surface area contributed by atoms with Gasteiger partial charge in [-0.05, 0) is 25.1 Å². The minimum atomic E-state index is -2.92. The normalized spacial score (nSPS) is 21.1. The van der Waals surface area contributed by atoms with Crippen molar-refractivity contribution in [3.8, 4) is 0 Å². The predicted molar refractivity (Wildman–Crippen MR) is 91.0 cm³/mol. The highest BCUT2D eigenvalue weighted by molar-refractivity contribution is 6.08. The van der Waals surface area contributed by atoms with E-state index in [9.17, 15) is 27.2 Å². The topological polar surface area (TPSA) is 87.8 Å². The Kier molecular flexibility index (Phi) is 6.19. The second-order valence-corrected chi connectivity index (χ2v) is 6.09. The van der Waals surface area contributed by atoms with Gasteiger partial charge in [0.1, 0.15) is 5.92 Å². The van der Waals surface area contributed by atoms with Crippen LogP contribution >= 0.6 is 0 Å². The van der Waals surface area contributed by atoms with Crippen LogP contribution in [0, 0.1) is 23.5 Å². The maximum Gasteiger partial charge on any atom is 0.332 e. The van der Waals surface area contributed by atoms with Crippen molar-refractivity contribution >= 4 is 23.2 Å². The van der Waals surface area contributed by atoms with E-state index in [-0.39, 0.29) is 18.0 Å². The maximum atomic E-state index is 13.8. The summed E-state index contributed by atoms with van der Waals surface area (Å²) in [6, 6.07) is 3.23. The lowest BCUT2D eigenvalue weighted by molar-refractivity contribution is -0.135. The SMILES string of the molecule is CC(/C=C(\N)[C@H]1CN(C)C(=O)[C@@H]1C(=O)Nc1cccc(F)c1F)=N\C(F)F. The zero-order valence-corrected chi connectivity index (χ0v) is 14.5. The van der Waals surface area contributed by atoms with E-state index in [1.807, 2.05) is 0 Å². The van der Waals surface area contributed by atoms with E-state index in [1.54, 1.807) is 0 Å². The van der Waals surface area contributed by atoms with Crippen molar-refractivity contribution in [3.05, 3.63) is 41.6 Å². The highest BCUT2D eigenvalue weighted by atomic mass is 19.3. The van der Waals surface area contributed by atoms with Crippen LogP contribution < -0.4 is 11.1 Å². The number of alkyl halides is 2. The number of anilines is 1. The monoisotopic (exact) mass is 386 g/mol. The van der Waals surface area contributed by atoms with E-state index in [4.69, 9.17) is 5.73 Å². The van der Waals surface area contributed by atoms with Crippen LogP contribution in [0.3, 0.4) is 0 Å². The molecule has 0 aliphatic carbocycles. The highest BCUT2D eigenvalue weighted by Gasteiger charge is 2.44. The minimum absolute atomic E-state index is 0.00876. The first-order valence-corrected chi connectivity index (χ1v) is 7.91. The first kappa shape index (κ1) is 20.4. The number of benzene rings is 1. The van der Waals surface area contributed by atoms with Crippen molar-refractivity contribution < 1.29 is 27.2 Å². The van der Waals surface area contributed by atoms with Gasteiger partial charge in [0.15, 0.2) is 11.6 Å². The number of halogens is 4. The molecule has 1 heterocycles. The first-order chi connectivity index (χ1) is 12.6. The summed E-state index contributed by atoms with van der Waals surface area (Å²) >= 11 is 0. The van der Waals surface area contributed by atoms with Gasteiger partial charge >= 0.3 is 6.55 Å². The van der Waals surface area contributed by atoms with Crippen LogP contribution in [0.25, 0.3) is 0 Å². The second kappa shape index (κ2) is 8.19. The van der Waals surface area contributed by atoms with Crippen LogP contribution in [0.2, 0.25) is 0 Å². The van der Waals surface area contributed by atoms with Gasteiger partial charge in [0.2, 0.25) is 11.8 Å². The van der Waals surface area contributed by atoms with Gasteiger partial charge in [-0.2, -0.15) is 8.78 Å². The molecule has 0 saturated carbocycles. The van der Waals surface area contributed by atoms with Crippen LogP contribution in [0.5, 0.6) is 0 Å². The number of nitrogens with one attached hydrogen (secondary N) is 1. The molecule has 27 heavy (non-hydrogen) atoms. The fraction of sp³-hybridized carbons (Fsp3) is 0.353. The molecule has 1 aromatic rings. The fourth-order valence-electron chi connectivity index (χ4n) is 2.84. The average molecular weight is 386 g/mol. The fourth-order valence-corrected chi connectivity index (χ4v) is 2.84. The Morgan fingerprint density at radius 2 is 2.07 bits per heavy atom. The molecule has 10 heteroatoms. The number of aliphatic imine (C=N–C) groups is 1. The molecule has 6 nitrogen and oxygen atoms in total. The Morgan fingerprint density at radius 3 is 2.70 bits per heavy atom. The molecule has 1 fully saturated rings. The molecule has 2 atom stereocenters. The third-order valence-corrected chi connectivity index (χ3v) is 4.11. The van der Waals surface area contributed by atoms with Crippen molar-refractivity contribution in [2.45, 2.75) is 13.5 Å². The number of hydrogen-bond donors (Lipinski definition) is 2. The van der Waals surface area contributed by atoms with E-state index >= 15 is 0 Å². The number of nitrogens with two attached hydrogens (primary N) is 1. The lowest BCUT2D eigenvalue weighted by Gasteiger charge is -2.17. The lowest BCUT2D eigenvalue weighted by atomic mass is 9.91. The molecule has 0 radical (unpaired) electrons. The summed E-state index contributed by atoms with van der Waals surface area (Å²) < 4.78 is 51.7. The van der Waals surface area contributed by atoms with Crippen LogP contribution in [0.4, 0.5) is 23.2 Å². The summed E-state index contributed by atoms with van der Waals surface area (Å²) in [6.07, 6.45) is 1.16. The molecular weight excluding hydrogens is 368 g/mol. The molecule has 2 rings (SSSR count). The number of carbonyl (C=O) groups is 2. The van der Waals surface area contributed by atoms with Crippen molar-refractivity contribution in [2.24, 2.45) is 22.6 Å². The summed E-state index contributed by atoms with van der Waals surface area (Å²) in [6.45, 7) is -1.55. The van der Waals surface area contributed by atoms with Gasteiger partial charge in [-0.15, -0.1) is 0 Å². The Labute approximate surface area is 152 Å². The third kappa shape index (κ3) is 4.63. The first-order valence-electron chi connectivity index (χ1n) is 7.91. The minimum Gasteiger partial charge on any atom is -0.402 e. The number of amides is 2. The largest absolute Gasteiger partial charge is 0.402 e. The van der Waals surface area contributed by atoms with Crippen LogP contribution in [-0.2, 0) is 9.59 Å². The zero-order chi connectivity index (χ0) is 20.3. The van der Waals surface area contributed by atoms with E-state index in [2.05, 4.69) is 10.3 Å². The van der Waals surface area contributed by atoms with Gasteiger partial charge in [-0.1, -0.05) is 6.07 Å². The number of rotatable bonds is 5. The standard InChI is InChI=1S/C17H18F4N4O2/c1-8(23-17(20)21)6-11(22)9-7-25(2)16(27)13(9)15(26)24-12-5-3-4-10(18)14(12)19/h3-6,9,13,17H,7,22H2,1-2H3,(H,24,26)/b11-6-,23-8+/t9-,13+/m1/s1. The Bertz CT molecular complexity index is 810. The molecule has 2 amide bonds. The zero-order valence-electron chi connectivity index (χ0n) is 14.5. The molecule has 0 spiro atoms. The Morgan fingerprint density at radius 1 is 1.41 bits per heavy atom. The van der Waals surface area contributed by atoms with E-state index in [0.717, 1.165) is 18.2 Å². The summed E-state index contributed by atoms with van der Waals surface area (Å²) in [5.41, 5.74) is 5.42. The van der Waals surface area contributed by atoms with Gasteiger partial charge in [0.25, 0.3) is 0 Å². The molecule has 0 unspecified atom stereocenters. The maximum absolute atomic E-state index is 13.8. The number of carbonyl (C=O) groups excluding carboxylic acids is 2. The van der Waals surface area contributed by atoms with Gasteiger partial charge < -0.3 is 16.0 Å². The van der Waals surface area contributed by atoms with Crippen molar-refractivity contribution in [1.82, 2.24) is 4.90 Å². The van der Waals surface area contributed by atoms with Gasteiger partial charge in [0.05, 0.1) is 5.69 Å². The molecule has 3 N–H and O–H groups in total. The van der Waals surface area contributed by atoms with E-state index in [1.165, 1.54) is 24.9 Å².